The van der Waals surface area contributed by atoms with Crippen molar-refractivity contribution in [1.82, 2.24) is 10.2 Å². The van der Waals surface area contributed by atoms with Gasteiger partial charge in [-0.1, -0.05) is 48.5 Å². The van der Waals surface area contributed by atoms with Crippen molar-refractivity contribution in [3.05, 3.63) is 95.2 Å². The van der Waals surface area contributed by atoms with Gasteiger partial charge in [0.2, 0.25) is 5.91 Å². The van der Waals surface area contributed by atoms with Crippen LogP contribution >= 0.6 is 0 Å². The molecule has 4 rings (SSSR count). The van der Waals surface area contributed by atoms with E-state index >= 15 is 0 Å². The molecule has 3 N–H and O–H groups in total. The molecule has 0 fully saturated rings. The van der Waals surface area contributed by atoms with E-state index in [0.29, 0.717) is 22.2 Å². The van der Waals surface area contributed by atoms with Gasteiger partial charge in [0.15, 0.2) is 0 Å². The minimum atomic E-state index is -0.990. The molecule has 4 aromatic rings. The van der Waals surface area contributed by atoms with Gasteiger partial charge in [0.05, 0.1) is 29.4 Å². The van der Waals surface area contributed by atoms with Crippen LogP contribution in [0.5, 0.6) is 0 Å². The molecule has 3 aromatic carbocycles. The SMILES string of the molecule is O=C(C[C@@H](O)c1ccccc1)Nc1cc2c(C=Cc3ccc(F)cc3)n[nH]c2cc1F. The van der Waals surface area contributed by atoms with Crippen molar-refractivity contribution >= 4 is 34.6 Å². The fraction of sp³-hybridized carbons (Fsp3) is 0.0833. The number of nitrogens with one attached hydrogen (secondary N) is 2. The maximum Gasteiger partial charge on any atom is 0.227 e. The summed E-state index contributed by atoms with van der Waals surface area (Å²) in [5.74, 6) is -1.45. The van der Waals surface area contributed by atoms with Crippen molar-refractivity contribution in [2.45, 2.75) is 12.5 Å². The first-order valence-corrected chi connectivity index (χ1v) is 9.64. The number of rotatable bonds is 6. The van der Waals surface area contributed by atoms with E-state index in [4.69, 9.17) is 0 Å². The average molecular weight is 419 g/mol. The van der Waals surface area contributed by atoms with Gasteiger partial charge in [-0.05, 0) is 35.4 Å². The Bertz CT molecular complexity index is 1240. The topological polar surface area (TPSA) is 78.0 Å². The molecule has 0 aliphatic rings. The zero-order valence-electron chi connectivity index (χ0n) is 16.3. The molecule has 0 bridgehead atoms. The number of aromatic amines is 1. The van der Waals surface area contributed by atoms with Crippen LogP contribution in [0.25, 0.3) is 23.1 Å². The third-order valence-corrected chi connectivity index (χ3v) is 4.82. The first-order valence-electron chi connectivity index (χ1n) is 9.64. The number of hydrogen-bond acceptors (Lipinski definition) is 3. The second-order valence-corrected chi connectivity index (χ2v) is 7.05. The number of anilines is 1. The van der Waals surface area contributed by atoms with E-state index in [0.717, 1.165) is 5.56 Å². The van der Waals surface area contributed by atoms with Crippen LogP contribution in [0.3, 0.4) is 0 Å². The molecule has 156 valence electrons. The van der Waals surface area contributed by atoms with Gasteiger partial charge in [0.1, 0.15) is 11.6 Å². The van der Waals surface area contributed by atoms with Crippen molar-refractivity contribution in [2.24, 2.45) is 0 Å². The van der Waals surface area contributed by atoms with Crippen LogP contribution in [0.1, 0.15) is 29.3 Å². The lowest BCUT2D eigenvalue weighted by atomic mass is 10.1. The van der Waals surface area contributed by atoms with E-state index in [1.807, 2.05) is 6.07 Å². The summed E-state index contributed by atoms with van der Waals surface area (Å²) in [5.41, 5.74) is 2.40. The van der Waals surface area contributed by atoms with E-state index in [1.165, 1.54) is 24.3 Å². The van der Waals surface area contributed by atoms with Crippen molar-refractivity contribution in [3.63, 3.8) is 0 Å². The third kappa shape index (κ3) is 4.84. The lowest BCUT2D eigenvalue weighted by molar-refractivity contribution is -0.118. The lowest BCUT2D eigenvalue weighted by Gasteiger charge is -2.12. The zero-order chi connectivity index (χ0) is 21.8. The summed E-state index contributed by atoms with van der Waals surface area (Å²) in [4.78, 5) is 12.3. The maximum absolute atomic E-state index is 14.5. The van der Waals surface area contributed by atoms with E-state index in [9.17, 15) is 18.7 Å². The molecule has 0 saturated carbocycles. The smallest absolute Gasteiger partial charge is 0.227 e. The number of amides is 1. The van der Waals surface area contributed by atoms with Gasteiger partial charge in [-0.25, -0.2) is 8.78 Å². The van der Waals surface area contributed by atoms with Crippen LogP contribution in [-0.2, 0) is 4.79 Å². The van der Waals surface area contributed by atoms with Crippen LogP contribution in [0.4, 0.5) is 14.5 Å². The average Bonchev–Trinajstić information content (AvgIpc) is 3.15. The fourth-order valence-corrected chi connectivity index (χ4v) is 3.20. The molecule has 5 nitrogen and oxygen atoms in total. The number of H-pyrrole nitrogens is 1. The summed E-state index contributed by atoms with van der Waals surface area (Å²) in [6.07, 6.45) is 2.28. The summed E-state index contributed by atoms with van der Waals surface area (Å²) in [6, 6.07) is 17.5. The number of aliphatic hydroxyl groups is 1. The highest BCUT2D eigenvalue weighted by Crippen LogP contribution is 2.26. The summed E-state index contributed by atoms with van der Waals surface area (Å²) < 4.78 is 27.5. The monoisotopic (exact) mass is 419 g/mol. The molecule has 7 heteroatoms. The number of hydrogen-bond donors (Lipinski definition) is 3. The molecule has 0 aliphatic heterocycles. The molecule has 0 aliphatic carbocycles. The Labute approximate surface area is 177 Å². The Morgan fingerprint density at radius 3 is 2.55 bits per heavy atom. The van der Waals surface area contributed by atoms with Crippen LogP contribution in [0.15, 0.2) is 66.7 Å². The molecule has 1 heterocycles. The van der Waals surface area contributed by atoms with E-state index in [-0.39, 0.29) is 17.9 Å². The summed E-state index contributed by atoms with van der Waals surface area (Å²) >= 11 is 0. The number of fused-ring (bicyclic) bond motifs is 1. The van der Waals surface area contributed by atoms with Gasteiger partial charge in [0.25, 0.3) is 0 Å². The van der Waals surface area contributed by atoms with Crippen molar-refractivity contribution in [1.29, 1.82) is 0 Å². The van der Waals surface area contributed by atoms with Crippen molar-refractivity contribution in [3.8, 4) is 0 Å². The van der Waals surface area contributed by atoms with Gasteiger partial charge in [-0.3, -0.25) is 9.89 Å². The Morgan fingerprint density at radius 2 is 1.81 bits per heavy atom. The molecular formula is C24H19F2N3O2. The molecule has 1 amide bonds. The van der Waals surface area contributed by atoms with Gasteiger partial charge in [0, 0.05) is 11.5 Å². The normalized spacial score (nSPS) is 12.4. The van der Waals surface area contributed by atoms with E-state index in [2.05, 4.69) is 15.5 Å². The first kappa shape index (κ1) is 20.4. The molecule has 1 atom stereocenters. The standard InChI is InChI=1S/C24H19F2N3O2/c25-17-9-6-15(7-10-17)8-11-20-18-12-22(19(26)13-21(18)29-28-20)27-24(31)14-23(30)16-4-2-1-3-5-16/h1-13,23,30H,14H2,(H,27,31)(H,28,29)/t23-/m1/s1. The number of carbonyl (C=O) groups excluding carboxylic acids is 1. The van der Waals surface area contributed by atoms with Crippen molar-refractivity contribution in [2.75, 3.05) is 5.32 Å². The molecule has 0 radical (unpaired) electrons. The predicted molar refractivity (Wildman–Crippen MR) is 116 cm³/mol. The lowest BCUT2D eigenvalue weighted by Crippen LogP contribution is -2.16. The summed E-state index contributed by atoms with van der Waals surface area (Å²) in [5, 5.41) is 20.3. The maximum atomic E-state index is 14.5. The zero-order valence-corrected chi connectivity index (χ0v) is 16.3. The van der Waals surface area contributed by atoms with E-state index in [1.54, 1.807) is 48.6 Å². The van der Waals surface area contributed by atoms with Crippen LogP contribution in [0, 0.1) is 11.6 Å². The van der Waals surface area contributed by atoms with Crippen LogP contribution in [0.2, 0.25) is 0 Å². The number of aliphatic hydroxyl groups excluding tert-OH is 1. The Kier molecular flexibility index (Phi) is 5.86. The third-order valence-electron chi connectivity index (χ3n) is 4.82. The Hall–Kier alpha value is -3.84. The Morgan fingerprint density at radius 1 is 1.06 bits per heavy atom. The van der Waals surface area contributed by atoms with Crippen LogP contribution < -0.4 is 5.32 Å². The molecule has 0 unspecified atom stereocenters. The quantitative estimate of drug-likeness (QED) is 0.408. The summed E-state index contributed by atoms with van der Waals surface area (Å²) in [7, 11) is 0. The molecule has 0 saturated heterocycles. The molecule has 0 spiro atoms. The number of aromatic nitrogens is 2. The number of nitrogens with zero attached hydrogens (tertiary/aromatic N) is 1. The highest BCUT2D eigenvalue weighted by atomic mass is 19.1. The molecule has 1 aromatic heterocycles. The summed E-state index contributed by atoms with van der Waals surface area (Å²) in [6.45, 7) is 0. The second kappa shape index (κ2) is 8.89. The second-order valence-electron chi connectivity index (χ2n) is 7.05. The van der Waals surface area contributed by atoms with E-state index < -0.39 is 17.8 Å². The van der Waals surface area contributed by atoms with Crippen molar-refractivity contribution < 1.29 is 18.7 Å². The number of benzene rings is 3. The first-order chi connectivity index (χ1) is 15.0. The van der Waals surface area contributed by atoms with Gasteiger partial charge in [-0.15, -0.1) is 0 Å². The largest absolute Gasteiger partial charge is 0.388 e. The molecular weight excluding hydrogens is 400 g/mol. The minimum absolute atomic E-state index is 0.00408. The number of carbonyl (C=O) groups is 1. The highest BCUT2D eigenvalue weighted by molar-refractivity contribution is 5.96. The van der Waals surface area contributed by atoms with Gasteiger partial charge < -0.3 is 10.4 Å². The van der Waals surface area contributed by atoms with Gasteiger partial charge >= 0.3 is 0 Å². The minimum Gasteiger partial charge on any atom is -0.388 e. The van der Waals surface area contributed by atoms with Crippen LogP contribution in [-0.4, -0.2) is 21.2 Å². The highest BCUT2D eigenvalue weighted by Gasteiger charge is 2.16. The predicted octanol–water partition coefficient (Wildman–Crippen LogP) is 5.07. The van der Waals surface area contributed by atoms with Gasteiger partial charge in [-0.2, -0.15) is 5.10 Å². The molecule has 31 heavy (non-hydrogen) atoms. The fourth-order valence-electron chi connectivity index (χ4n) is 3.20. The Balaban J connectivity index is 1.53. The number of halogens is 2.